The number of fused-ring (bicyclic) bond motifs is 1. The fourth-order valence-electron chi connectivity index (χ4n) is 4.03. The largest absolute Gasteiger partial charge is 0.461 e. The van der Waals surface area contributed by atoms with Gasteiger partial charge in [-0.1, -0.05) is 32.0 Å². The summed E-state index contributed by atoms with van der Waals surface area (Å²) >= 11 is 0. The highest BCUT2D eigenvalue weighted by Crippen LogP contribution is 2.22. The van der Waals surface area contributed by atoms with Gasteiger partial charge >= 0.3 is 12.1 Å². The Morgan fingerprint density at radius 1 is 0.975 bits per heavy atom. The van der Waals surface area contributed by atoms with Crippen molar-refractivity contribution in [3.8, 4) is 0 Å². The van der Waals surface area contributed by atoms with Crippen LogP contribution in [0.15, 0.2) is 48.5 Å². The van der Waals surface area contributed by atoms with Crippen LogP contribution in [0.1, 0.15) is 64.0 Å². The number of amides is 3. The highest BCUT2D eigenvalue weighted by Gasteiger charge is 2.26. The molecule has 3 aromatic rings. The third-order valence-corrected chi connectivity index (χ3v) is 5.70. The van der Waals surface area contributed by atoms with Gasteiger partial charge in [0, 0.05) is 35.1 Å². The van der Waals surface area contributed by atoms with E-state index in [-0.39, 0.29) is 24.9 Å². The van der Waals surface area contributed by atoms with Crippen molar-refractivity contribution in [1.29, 1.82) is 0 Å². The maximum atomic E-state index is 13.5. The first-order valence-corrected chi connectivity index (χ1v) is 13.3. The van der Waals surface area contributed by atoms with E-state index in [1.54, 1.807) is 76.2 Å². The topological polar surface area (TPSA) is 139 Å². The second kappa shape index (κ2) is 13.1. The molecule has 0 aliphatic heterocycles. The SMILES string of the molecule is CCOC(=O)c1cc2cc(NC(=O)C(Cc3ccccc3NC(=O)CC(C)C)NC(=O)OC(C)(C)C)ccc2[nH]1. The second-order valence-corrected chi connectivity index (χ2v) is 10.9. The van der Waals surface area contributed by atoms with Crippen LogP contribution in [0, 0.1) is 5.92 Å². The van der Waals surface area contributed by atoms with Gasteiger partial charge in [0.25, 0.3) is 0 Å². The number of rotatable bonds is 10. The van der Waals surface area contributed by atoms with Crippen LogP contribution in [0.3, 0.4) is 0 Å². The number of aromatic amines is 1. The maximum Gasteiger partial charge on any atom is 0.408 e. The monoisotopic (exact) mass is 550 g/mol. The second-order valence-electron chi connectivity index (χ2n) is 10.9. The van der Waals surface area contributed by atoms with Gasteiger partial charge in [0.1, 0.15) is 17.3 Å². The van der Waals surface area contributed by atoms with Crippen LogP contribution >= 0.6 is 0 Å². The fraction of sp³-hybridized carbons (Fsp3) is 0.400. The first kappa shape index (κ1) is 30.2. The van der Waals surface area contributed by atoms with Crippen LogP contribution in [0.5, 0.6) is 0 Å². The van der Waals surface area contributed by atoms with Gasteiger partial charge in [0.15, 0.2) is 0 Å². The standard InChI is InChI=1S/C30H38N4O6/c1-7-39-28(37)25-17-20-15-21(12-13-23(20)32-25)31-27(36)24(34-29(38)40-30(4,5)6)16-19-10-8-9-11-22(19)33-26(35)14-18(2)3/h8-13,15,17-18,24,32H,7,14,16H2,1-6H3,(H,31,36)(H,33,35)(H,34,38). The lowest BCUT2D eigenvalue weighted by Crippen LogP contribution is -2.47. The minimum absolute atomic E-state index is 0.0998. The molecule has 1 heterocycles. The highest BCUT2D eigenvalue weighted by atomic mass is 16.6. The minimum atomic E-state index is -1.02. The molecule has 214 valence electrons. The van der Waals surface area contributed by atoms with Crippen LogP contribution in [0.4, 0.5) is 16.2 Å². The predicted molar refractivity (Wildman–Crippen MR) is 154 cm³/mol. The summed E-state index contributed by atoms with van der Waals surface area (Å²) in [6.45, 7) is 11.1. The molecule has 3 amide bonds. The number of nitrogens with one attached hydrogen (secondary N) is 4. The van der Waals surface area contributed by atoms with E-state index in [4.69, 9.17) is 9.47 Å². The number of para-hydroxylation sites is 1. The normalized spacial score (nSPS) is 12.1. The van der Waals surface area contributed by atoms with Gasteiger partial charge < -0.3 is 30.4 Å². The summed E-state index contributed by atoms with van der Waals surface area (Å²) < 4.78 is 10.4. The van der Waals surface area contributed by atoms with E-state index < -0.39 is 29.6 Å². The molecule has 1 atom stereocenters. The van der Waals surface area contributed by atoms with Gasteiger partial charge in [-0.3, -0.25) is 9.59 Å². The molecule has 0 fully saturated rings. The molecule has 4 N–H and O–H groups in total. The Kier molecular flexibility index (Phi) is 9.93. The van der Waals surface area contributed by atoms with Crippen LogP contribution in [-0.4, -0.2) is 47.1 Å². The van der Waals surface area contributed by atoms with E-state index in [0.717, 1.165) is 0 Å². The molecule has 0 saturated heterocycles. The Morgan fingerprint density at radius 3 is 2.38 bits per heavy atom. The Balaban J connectivity index is 1.84. The number of hydrogen-bond donors (Lipinski definition) is 4. The summed E-state index contributed by atoms with van der Waals surface area (Å²) in [5.74, 6) is -0.893. The predicted octanol–water partition coefficient (Wildman–Crippen LogP) is 5.40. The van der Waals surface area contributed by atoms with E-state index in [9.17, 15) is 19.2 Å². The summed E-state index contributed by atoms with van der Waals surface area (Å²) in [6.07, 6.45) is -0.287. The van der Waals surface area contributed by atoms with Crippen molar-refractivity contribution in [2.24, 2.45) is 5.92 Å². The number of aromatic nitrogens is 1. The van der Waals surface area contributed by atoms with Gasteiger partial charge in [-0.2, -0.15) is 0 Å². The molecular formula is C30H38N4O6. The molecule has 0 radical (unpaired) electrons. The number of hydrogen-bond acceptors (Lipinski definition) is 6. The van der Waals surface area contributed by atoms with Crippen molar-refractivity contribution >= 4 is 46.2 Å². The number of carbonyl (C=O) groups excluding carboxylic acids is 4. The lowest BCUT2D eigenvalue weighted by molar-refractivity contribution is -0.118. The lowest BCUT2D eigenvalue weighted by atomic mass is 10.0. The highest BCUT2D eigenvalue weighted by molar-refractivity contribution is 6.00. The quantitative estimate of drug-likeness (QED) is 0.249. The molecule has 40 heavy (non-hydrogen) atoms. The maximum absolute atomic E-state index is 13.5. The first-order valence-electron chi connectivity index (χ1n) is 13.3. The van der Waals surface area contributed by atoms with Crippen molar-refractivity contribution in [2.45, 2.75) is 66.0 Å². The Hall–Kier alpha value is -4.34. The molecule has 0 bridgehead atoms. The van der Waals surface area contributed by atoms with E-state index in [1.165, 1.54) is 0 Å². The van der Waals surface area contributed by atoms with Gasteiger partial charge in [0.05, 0.1) is 6.61 Å². The van der Waals surface area contributed by atoms with E-state index in [1.807, 2.05) is 13.8 Å². The minimum Gasteiger partial charge on any atom is -0.461 e. The summed E-state index contributed by atoms with van der Waals surface area (Å²) in [6, 6.07) is 12.9. The van der Waals surface area contributed by atoms with Crippen molar-refractivity contribution < 1.29 is 28.7 Å². The zero-order valence-corrected chi connectivity index (χ0v) is 23.8. The van der Waals surface area contributed by atoms with E-state index in [2.05, 4.69) is 20.9 Å². The molecule has 0 saturated carbocycles. The molecule has 10 nitrogen and oxygen atoms in total. The summed E-state index contributed by atoms with van der Waals surface area (Å²) in [7, 11) is 0. The number of esters is 1. The number of alkyl carbamates (subject to hydrolysis) is 1. The molecule has 2 aromatic carbocycles. The summed E-state index contributed by atoms with van der Waals surface area (Å²) in [5, 5.41) is 9.13. The Bertz CT molecular complexity index is 1370. The molecule has 1 aromatic heterocycles. The van der Waals surface area contributed by atoms with Gasteiger partial charge in [-0.05, 0) is 69.5 Å². The van der Waals surface area contributed by atoms with Gasteiger partial charge in [-0.15, -0.1) is 0 Å². The lowest BCUT2D eigenvalue weighted by Gasteiger charge is -2.24. The van der Waals surface area contributed by atoms with Gasteiger partial charge in [0.2, 0.25) is 11.8 Å². The fourth-order valence-corrected chi connectivity index (χ4v) is 4.03. The number of benzene rings is 2. The van der Waals surface area contributed by atoms with Crippen molar-refractivity contribution in [3.05, 3.63) is 59.8 Å². The third kappa shape index (κ3) is 8.86. The zero-order chi connectivity index (χ0) is 29.4. The van der Waals surface area contributed by atoms with Crippen molar-refractivity contribution in [1.82, 2.24) is 10.3 Å². The first-order chi connectivity index (χ1) is 18.8. The zero-order valence-electron chi connectivity index (χ0n) is 23.8. The molecule has 0 spiro atoms. The molecule has 10 heteroatoms. The average Bonchev–Trinajstić information content (AvgIpc) is 3.27. The molecule has 3 rings (SSSR count). The van der Waals surface area contributed by atoms with Gasteiger partial charge in [-0.25, -0.2) is 9.59 Å². The number of carbonyl (C=O) groups is 4. The molecule has 0 aliphatic carbocycles. The number of H-pyrrole nitrogens is 1. The Labute approximate surface area is 234 Å². The number of anilines is 2. The smallest absolute Gasteiger partial charge is 0.408 e. The molecule has 0 aliphatic rings. The summed E-state index contributed by atoms with van der Waals surface area (Å²) in [4.78, 5) is 53.7. The van der Waals surface area contributed by atoms with Crippen LogP contribution in [0.2, 0.25) is 0 Å². The average molecular weight is 551 g/mol. The van der Waals surface area contributed by atoms with Crippen LogP contribution < -0.4 is 16.0 Å². The van der Waals surface area contributed by atoms with E-state index >= 15 is 0 Å². The van der Waals surface area contributed by atoms with Crippen LogP contribution in [-0.2, 0) is 25.5 Å². The summed E-state index contributed by atoms with van der Waals surface area (Å²) in [5.41, 5.74) is 1.97. The van der Waals surface area contributed by atoms with Crippen molar-refractivity contribution in [2.75, 3.05) is 17.2 Å². The molecule has 1 unspecified atom stereocenters. The Morgan fingerprint density at radius 2 is 1.70 bits per heavy atom. The third-order valence-electron chi connectivity index (χ3n) is 5.70. The molecular weight excluding hydrogens is 512 g/mol. The van der Waals surface area contributed by atoms with Crippen molar-refractivity contribution in [3.63, 3.8) is 0 Å². The van der Waals surface area contributed by atoms with E-state index in [0.29, 0.717) is 40.0 Å². The number of ether oxygens (including phenoxy) is 2. The van der Waals surface area contributed by atoms with Crippen LogP contribution in [0.25, 0.3) is 10.9 Å².